The number of ether oxygens (including phenoxy) is 1. The molecule has 2 aromatic rings. The minimum Gasteiger partial charge on any atom is -0.872 e. The van der Waals surface area contributed by atoms with Gasteiger partial charge in [0.25, 0.3) is 11.6 Å². The predicted octanol–water partition coefficient (Wildman–Crippen LogP) is 1.81. The summed E-state index contributed by atoms with van der Waals surface area (Å²) in [7, 11) is 0. The van der Waals surface area contributed by atoms with Crippen molar-refractivity contribution in [3.63, 3.8) is 0 Å². The molecule has 0 unspecified atom stereocenters. The standard InChI is InChI=1S/C17H17N3O5/c1-11-3-5-15(7-12(11)2)25-10-17(22)19-18-9-13-8-14(21)4-6-16(13)20(23)24/h3-9,21H,10H2,1-2H3,(H,19,22)/p-1/b18-9-. The molecule has 0 saturated carbocycles. The van der Waals surface area contributed by atoms with Crippen LogP contribution in [-0.2, 0) is 4.79 Å². The molecule has 0 aliphatic carbocycles. The number of nitro benzene ring substituents is 1. The van der Waals surface area contributed by atoms with Gasteiger partial charge in [-0.3, -0.25) is 14.9 Å². The third kappa shape index (κ3) is 5.03. The summed E-state index contributed by atoms with van der Waals surface area (Å²) in [6.07, 6.45) is 1.05. The Morgan fingerprint density at radius 2 is 2.00 bits per heavy atom. The van der Waals surface area contributed by atoms with Gasteiger partial charge in [-0.15, -0.1) is 5.75 Å². The average molecular weight is 342 g/mol. The number of nitrogens with one attached hydrogen (secondary N) is 1. The Morgan fingerprint density at radius 3 is 2.68 bits per heavy atom. The molecule has 0 spiro atoms. The molecule has 0 aromatic heterocycles. The lowest BCUT2D eigenvalue weighted by molar-refractivity contribution is -0.385. The summed E-state index contributed by atoms with van der Waals surface area (Å²) in [5.41, 5.74) is 4.08. The van der Waals surface area contributed by atoms with E-state index in [1.54, 1.807) is 6.07 Å². The highest BCUT2D eigenvalue weighted by atomic mass is 16.6. The minimum absolute atomic E-state index is 0.00729. The van der Waals surface area contributed by atoms with Crippen LogP contribution in [0, 0.1) is 24.0 Å². The van der Waals surface area contributed by atoms with Crippen LogP contribution >= 0.6 is 0 Å². The molecule has 0 aliphatic rings. The summed E-state index contributed by atoms with van der Waals surface area (Å²) in [6.45, 7) is 3.64. The fraction of sp³-hybridized carbons (Fsp3) is 0.176. The first-order valence-corrected chi connectivity index (χ1v) is 7.34. The first kappa shape index (κ1) is 17.9. The molecule has 1 N–H and O–H groups in total. The van der Waals surface area contributed by atoms with Gasteiger partial charge in [-0.2, -0.15) is 5.10 Å². The smallest absolute Gasteiger partial charge is 0.278 e. The first-order valence-electron chi connectivity index (χ1n) is 7.34. The highest BCUT2D eigenvalue weighted by Gasteiger charge is 2.10. The fourth-order valence-corrected chi connectivity index (χ4v) is 1.96. The van der Waals surface area contributed by atoms with Crippen molar-refractivity contribution >= 4 is 17.8 Å². The lowest BCUT2D eigenvalue weighted by Gasteiger charge is -2.07. The summed E-state index contributed by atoms with van der Waals surface area (Å²) in [4.78, 5) is 21.9. The summed E-state index contributed by atoms with van der Waals surface area (Å²) < 4.78 is 5.34. The van der Waals surface area contributed by atoms with Gasteiger partial charge >= 0.3 is 0 Å². The van der Waals surface area contributed by atoms with E-state index in [4.69, 9.17) is 4.74 Å². The van der Waals surface area contributed by atoms with Crippen molar-refractivity contribution in [2.75, 3.05) is 6.61 Å². The molecule has 0 atom stereocenters. The molecule has 25 heavy (non-hydrogen) atoms. The van der Waals surface area contributed by atoms with Gasteiger partial charge in [0, 0.05) is 6.07 Å². The van der Waals surface area contributed by atoms with Gasteiger partial charge in [0.1, 0.15) is 5.75 Å². The fourth-order valence-electron chi connectivity index (χ4n) is 1.96. The van der Waals surface area contributed by atoms with E-state index in [1.165, 1.54) is 0 Å². The van der Waals surface area contributed by atoms with Gasteiger partial charge in [0.15, 0.2) is 6.61 Å². The summed E-state index contributed by atoms with van der Waals surface area (Å²) in [5.74, 6) is -0.371. The lowest BCUT2D eigenvalue weighted by Crippen LogP contribution is -2.24. The molecule has 0 heterocycles. The first-order chi connectivity index (χ1) is 11.9. The highest BCUT2D eigenvalue weighted by molar-refractivity contribution is 5.87. The van der Waals surface area contributed by atoms with Crippen LogP contribution in [0.2, 0.25) is 0 Å². The van der Waals surface area contributed by atoms with Crippen LogP contribution in [0.5, 0.6) is 11.5 Å². The predicted molar refractivity (Wildman–Crippen MR) is 89.7 cm³/mol. The van der Waals surface area contributed by atoms with E-state index in [1.807, 2.05) is 26.0 Å². The van der Waals surface area contributed by atoms with Crippen molar-refractivity contribution in [2.24, 2.45) is 5.10 Å². The van der Waals surface area contributed by atoms with Gasteiger partial charge < -0.3 is 9.84 Å². The lowest BCUT2D eigenvalue weighted by atomic mass is 10.1. The second kappa shape index (κ2) is 7.91. The maximum absolute atomic E-state index is 11.7. The van der Waals surface area contributed by atoms with Crippen LogP contribution < -0.4 is 15.3 Å². The molecule has 8 nitrogen and oxygen atoms in total. The molecule has 2 rings (SSSR count). The number of aryl methyl sites for hydroxylation is 2. The van der Waals surface area contributed by atoms with Crippen LogP contribution in [0.25, 0.3) is 0 Å². The molecule has 0 radical (unpaired) electrons. The van der Waals surface area contributed by atoms with Gasteiger partial charge in [-0.05, 0) is 37.1 Å². The third-order valence-electron chi connectivity index (χ3n) is 3.44. The van der Waals surface area contributed by atoms with Crippen molar-refractivity contribution in [1.82, 2.24) is 5.43 Å². The Hall–Kier alpha value is -3.42. The number of carbonyl (C=O) groups excluding carboxylic acids is 1. The quantitative estimate of drug-likeness (QED) is 0.488. The van der Waals surface area contributed by atoms with Crippen molar-refractivity contribution in [2.45, 2.75) is 13.8 Å². The molecule has 0 aliphatic heterocycles. The van der Waals surface area contributed by atoms with E-state index in [-0.39, 0.29) is 17.9 Å². The Labute approximate surface area is 143 Å². The summed E-state index contributed by atoms with van der Waals surface area (Å²) in [5, 5.41) is 25.8. The largest absolute Gasteiger partial charge is 0.872 e. The van der Waals surface area contributed by atoms with Crippen molar-refractivity contribution < 1.29 is 19.6 Å². The number of hydrazone groups is 1. The van der Waals surface area contributed by atoms with Crippen LogP contribution in [0.15, 0.2) is 41.5 Å². The van der Waals surface area contributed by atoms with Crippen LogP contribution in [0.1, 0.15) is 16.7 Å². The third-order valence-corrected chi connectivity index (χ3v) is 3.44. The number of carbonyl (C=O) groups is 1. The Kier molecular flexibility index (Phi) is 5.67. The van der Waals surface area contributed by atoms with E-state index in [0.717, 1.165) is 35.5 Å². The van der Waals surface area contributed by atoms with Crippen molar-refractivity contribution in [3.05, 3.63) is 63.2 Å². The van der Waals surface area contributed by atoms with Crippen LogP contribution in [0.4, 0.5) is 5.69 Å². The zero-order valence-corrected chi connectivity index (χ0v) is 13.7. The molecular weight excluding hydrogens is 326 g/mol. The normalized spacial score (nSPS) is 10.6. The van der Waals surface area contributed by atoms with E-state index in [2.05, 4.69) is 10.5 Å². The number of rotatable bonds is 6. The van der Waals surface area contributed by atoms with Crippen molar-refractivity contribution in [1.29, 1.82) is 0 Å². The maximum Gasteiger partial charge on any atom is 0.278 e. The number of amides is 1. The van der Waals surface area contributed by atoms with E-state index >= 15 is 0 Å². The molecule has 0 fully saturated rings. The number of benzene rings is 2. The minimum atomic E-state index is -0.633. The van der Waals surface area contributed by atoms with Gasteiger partial charge in [-0.1, -0.05) is 18.2 Å². The second-order valence-electron chi connectivity index (χ2n) is 5.31. The zero-order chi connectivity index (χ0) is 18.4. The molecule has 1 amide bonds. The monoisotopic (exact) mass is 342 g/mol. The Balaban J connectivity index is 1.93. The molecule has 8 heteroatoms. The zero-order valence-electron chi connectivity index (χ0n) is 13.7. The average Bonchev–Trinajstić information content (AvgIpc) is 2.56. The van der Waals surface area contributed by atoms with Crippen molar-refractivity contribution in [3.8, 4) is 11.5 Å². The molecule has 130 valence electrons. The van der Waals surface area contributed by atoms with Gasteiger partial charge in [0.2, 0.25) is 0 Å². The summed E-state index contributed by atoms with van der Waals surface area (Å²) >= 11 is 0. The van der Waals surface area contributed by atoms with Gasteiger partial charge in [-0.25, -0.2) is 5.43 Å². The van der Waals surface area contributed by atoms with Crippen LogP contribution in [0.3, 0.4) is 0 Å². The maximum atomic E-state index is 11.7. The summed E-state index contributed by atoms with van der Waals surface area (Å²) in [6, 6.07) is 8.70. The Bertz CT molecular complexity index is 833. The molecule has 2 aromatic carbocycles. The van der Waals surface area contributed by atoms with Crippen LogP contribution in [-0.4, -0.2) is 23.7 Å². The van der Waals surface area contributed by atoms with E-state index in [0.29, 0.717) is 5.75 Å². The number of nitrogens with zero attached hydrogens (tertiary/aromatic N) is 2. The highest BCUT2D eigenvalue weighted by Crippen LogP contribution is 2.20. The van der Waals surface area contributed by atoms with E-state index in [9.17, 15) is 20.0 Å². The Morgan fingerprint density at radius 1 is 1.24 bits per heavy atom. The number of hydrogen-bond acceptors (Lipinski definition) is 6. The number of hydrogen-bond donors (Lipinski definition) is 1. The second-order valence-corrected chi connectivity index (χ2v) is 5.31. The van der Waals surface area contributed by atoms with Gasteiger partial charge in [0.05, 0.1) is 16.7 Å². The molecule has 0 saturated heterocycles. The SMILES string of the molecule is Cc1ccc(OCC(=O)N/N=C\c2cc([O-])ccc2[N+](=O)[O-])cc1C. The molecular formula is C17H16N3O5-. The number of nitro groups is 1. The topological polar surface area (TPSA) is 117 Å². The van der Waals surface area contributed by atoms with E-state index < -0.39 is 16.6 Å². The molecule has 0 bridgehead atoms.